The van der Waals surface area contributed by atoms with Gasteiger partial charge >= 0.3 is 0 Å². The van der Waals surface area contributed by atoms with Gasteiger partial charge in [-0.2, -0.15) is 5.01 Å². The van der Waals surface area contributed by atoms with Crippen molar-refractivity contribution in [2.45, 2.75) is 6.54 Å². The molecule has 34 heavy (non-hydrogen) atoms. The van der Waals surface area contributed by atoms with E-state index in [0.717, 1.165) is 38.8 Å². The summed E-state index contributed by atoms with van der Waals surface area (Å²) in [5.41, 5.74) is 5.84. The number of carbonyl (C=O) groups is 2. The van der Waals surface area contributed by atoms with Crippen molar-refractivity contribution in [3.05, 3.63) is 112 Å². The number of fused-ring (bicyclic) bond motifs is 1. The Morgan fingerprint density at radius 3 is 2.47 bits per heavy atom. The van der Waals surface area contributed by atoms with Crippen molar-refractivity contribution in [3.8, 4) is 0 Å². The Kier molecular flexibility index (Phi) is 6.00. The van der Waals surface area contributed by atoms with Crippen LogP contribution < -0.4 is 5.43 Å². The Labute approximate surface area is 204 Å². The maximum Gasteiger partial charge on any atom is 0.285 e. The molecule has 2 heterocycles. The molecule has 0 bridgehead atoms. The number of nitrogens with one attached hydrogen (secondary N) is 1. The number of halogens is 1. The molecule has 0 saturated carbocycles. The summed E-state index contributed by atoms with van der Waals surface area (Å²) in [4.78, 5) is 26.0. The van der Waals surface area contributed by atoms with Crippen molar-refractivity contribution in [1.29, 1.82) is 0 Å². The van der Waals surface area contributed by atoms with Crippen molar-refractivity contribution < 1.29 is 14.0 Å². The van der Waals surface area contributed by atoms with Gasteiger partial charge in [-0.05, 0) is 54.2 Å². The quantitative estimate of drug-likeness (QED) is 0.304. The number of carbonyl (C=O) groups excluding carboxylic acids is 2. The number of hydrogen-bond acceptors (Lipinski definition) is 4. The highest BCUT2D eigenvalue weighted by Gasteiger charge is 2.34. The van der Waals surface area contributed by atoms with Gasteiger partial charge in [-0.3, -0.25) is 15.0 Å². The van der Waals surface area contributed by atoms with Crippen LogP contribution in [0.3, 0.4) is 0 Å². The first-order chi connectivity index (χ1) is 16.5. The normalized spacial score (nSPS) is 14.9. The Morgan fingerprint density at radius 2 is 1.71 bits per heavy atom. The van der Waals surface area contributed by atoms with Gasteiger partial charge in [0.2, 0.25) is 0 Å². The molecule has 1 aromatic heterocycles. The highest BCUT2D eigenvalue weighted by Crippen LogP contribution is 2.33. The Balaban J connectivity index is 1.43. The molecule has 2 amide bonds. The molecule has 0 spiro atoms. The lowest BCUT2D eigenvalue weighted by Gasteiger charge is -2.15. The summed E-state index contributed by atoms with van der Waals surface area (Å²) >= 11 is 6.49. The fourth-order valence-electron chi connectivity index (χ4n) is 3.77. The zero-order chi connectivity index (χ0) is 23.7. The van der Waals surface area contributed by atoms with Crippen LogP contribution in [0.4, 0.5) is 4.39 Å². The standard InChI is InChI=1S/C26H18FN3O2S2/c27-20-12-10-17(11-13-20)15-29-16-19(21-8-4-5-9-22(21)29)14-23-25(32)30(26(33)34-23)28-24(31)18-6-2-1-3-7-18/h1-14,16H,15H2,(H,28,31)/b23-14-. The van der Waals surface area contributed by atoms with Gasteiger partial charge < -0.3 is 4.57 Å². The Hall–Kier alpha value is -3.75. The average molecular weight is 488 g/mol. The summed E-state index contributed by atoms with van der Waals surface area (Å²) in [6.45, 7) is 0.558. The summed E-state index contributed by atoms with van der Waals surface area (Å²) in [5, 5.41) is 2.09. The molecule has 0 unspecified atom stereocenters. The van der Waals surface area contributed by atoms with Gasteiger partial charge in [-0.25, -0.2) is 4.39 Å². The maximum atomic E-state index is 13.3. The van der Waals surface area contributed by atoms with Gasteiger partial charge in [0.1, 0.15) is 5.82 Å². The molecule has 168 valence electrons. The molecule has 0 atom stereocenters. The van der Waals surface area contributed by atoms with Crippen LogP contribution in [0.2, 0.25) is 0 Å². The number of thiocarbonyl (C=S) groups is 1. The largest absolute Gasteiger partial charge is 0.342 e. The summed E-state index contributed by atoms with van der Waals surface area (Å²) in [6, 6.07) is 22.9. The molecule has 1 fully saturated rings. The first-order valence-electron chi connectivity index (χ1n) is 10.5. The first kappa shape index (κ1) is 22.1. The fourth-order valence-corrected chi connectivity index (χ4v) is 4.94. The van der Waals surface area contributed by atoms with E-state index in [1.807, 2.05) is 36.5 Å². The predicted octanol–water partition coefficient (Wildman–Crippen LogP) is 5.37. The highest BCUT2D eigenvalue weighted by atomic mass is 32.2. The van der Waals surface area contributed by atoms with Gasteiger partial charge in [-0.1, -0.05) is 60.3 Å². The van der Waals surface area contributed by atoms with Gasteiger partial charge in [0, 0.05) is 34.8 Å². The second kappa shape index (κ2) is 9.24. The molecule has 5 rings (SSSR count). The minimum absolute atomic E-state index is 0.260. The van der Waals surface area contributed by atoms with E-state index < -0.39 is 5.91 Å². The molecule has 8 heteroatoms. The van der Waals surface area contributed by atoms with Gasteiger partial charge in [0.05, 0.1) is 4.91 Å². The van der Waals surface area contributed by atoms with Crippen molar-refractivity contribution in [2.24, 2.45) is 0 Å². The fraction of sp³-hybridized carbons (Fsp3) is 0.0385. The number of amides is 2. The molecular formula is C26H18FN3O2S2. The molecule has 5 nitrogen and oxygen atoms in total. The number of para-hydroxylation sites is 1. The molecule has 1 aliphatic heterocycles. The molecular weight excluding hydrogens is 469 g/mol. The Morgan fingerprint density at radius 1 is 1.00 bits per heavy atom. The summed E-state index contributed by atoms with van der Waals surface area (Å²) in [7, 11) is 0. The van der Waals surface area contributed by atoms with Crippen LogP contribution in [0.15, 0.2) is 90.0 Å². The van der Waals surface area contributed by atoms with Crippen molar-refractivity contribution in [1.82, 2.24) is 15.0 Å². The molecule has 1 saturated heterocycles. The third-order valence-electron chi connectivity index (χ3n) is 5.42. The SMILES string of the molecule is O=C(NN1C(=O)/C(=C/c2cn(Cc3ccc(F)cc3)c3ccccc23)SC1=S)c1ccccc1. The lowest BCUT2D eigenvalue weighted by atomic mass is 10.1. The van der Waals surface area contributed by atoms with E-state index in [4.69, 9.17) is 12.2 Å². The topological polar surface area (TPSA) is 54.3 Å². The molecule has 0 radical (unpaired) electrons. The van der Waals surface area contributed by atoms with Crippen LogP contribution in [0.1, 0.15) is 21.5 Å². The van der Waals surface area contributed by atoms with Crippen molar-refractivity contribution >= 4 is 57.1 Å². The number of hydrogen-bond donors (Lipinski definition) is 1. The molecule has 0 aliphatic carbocycles. The van der Waals surface area contributed by atoms with Crippen LogP contribution in [0.25, 0.3) is 17.0 Å². The monoisotopic (exact) mass is 487 g/mol. The maximum absolute atomic E-state index is 13.3. The van der Waals surface area contributed by atoms with Crippen LogP contribution in [0, 0.1) is 5.82 Å². The molecule has 1 aliphatic rings. The number of aromatic nitrogens is 1. The third-order valence-corrected chi connectivity index (χ3v) is 6.72. The van der Waals surface area contributed by atoms with Crippen LogP contribution in [-0.4, -0.2) is 25.7 Å². The van der Waals surface area contributed by atoms with E-state index in [-0.39, 0.29) is 16.0 Å². The van der Waals surface area contributed by atoms with Gasteiger partial charge in [0.15, 0.2) is 4.32 Å². The van der Waals surface area contributed by atoms with E-state index in [0.29, 0.717) is 17.0 Å². The number of rotatable bonds is 5. The third kappa shape index (κ3) is 4.37. The first-order valence-corrected chi connectivity index (χ1v) is 11.7. The second-order valence-electron chi connectivity index (χ2n) is 7.68. The van der Waals surface area contributed by atoms with E-state index in [1.54, 1.807) is 42.5 Å². The summed E-state index contributed by atoms with van der Waals surface area (Å²) < 4.78 is 15.6. The lowest BCUT2D eigenvalue weighted by molar-refractivity contribution is -0.123. The number of hydrazine groups is 1. The van der Waals surface area contributed by atoms with Crippen LogP contribution >= 0.6 is 24.0 Å². The number of nitrogens with zero attached hydrogens (tertiary/aromatic N) is 2. The minimum Gasteiger partial charge on any atom is -0.342 e. The number of thioether (sulfide) groups is 1. The van der Waals surface area contributed by atoms with Crippen LogP contribution in [0.5, 0.6) is 0 Å². The summed E-state index contributed by atoms with van der Waals surface area (Å²) in [6.07, 6.45) is 3.75. The van der Waals surface area contributed by atoms with Crippen molar-refractivity contribution in [3.63, 3.8) is 0 Å². The van der Waals surface area contributed by atoms with E-state index in [9.17, 15) is 14.0 Å². The predicted molar refractivity (Wildman–Crippen MR) is 136 cm³/mol. The van der Waals surface area contributed by atoms with E-state index in [1.165, 1.54) is 12.1 Å². The molecule has 1 N–H and O–H groups in total. The Bertz CT molecular complexity index is 1450. The van der Waals surface area contributed by atoms with Crippen molar-refractivity contribution in [2.75, 3.05) is 0 Å². The highest BCUT2D eigenvalue weighted by molar-refractivity contribution is 8.26. The zero-order valence-electron chi connectivity index (χ0n) is 17.8. The lowest BCUT2D eigenvalue weighted by Crippen LogP contribution is -2.44. The number of benzene rings is 3. The summed E-state index contributed by atoms with van der Waals surface area (Å²) in [5.74, 6) is -1.06. The minimum atomic E-state index is -0.408. The smallest absolute Gasteiger partial charge is 0.285 e. The molecule has 3 aromatic carbocycles. The van der Waals surface area contributed by atoms with E-state index in [2.05, 4.69) is 9.99 Å². The zero-order valence-corrected chi connectivity index (χ0v) is 19.4. The average Bonchev–Trinajstić information content (AvgIpc) is 3.33. The molecule has 4 aromatic rings. The van der Waals surface area contributed by atoms with Gasteiger partial charge in [-0.15, -0.1) is 0 Å². The van der Waals surface area contributed by atoms with E-state index >= 15 is 0 Å². The van der Waals surface area contributed by atoms with Gasteiger partial charge in [0.25, 0.3) is 11.8 Å². The van der Waals surface area contributed by atoms with Crippen LogP contribution in [-0.2, 0) is 11.3 Å². The second-order valence-corrected chi connectivity index (χ2v) is 9.36.